The van der Waals surface area contributed by atoms with Gasteiger partial charge in [0, 0.05) is 19.4 Å². The molecule has 1 aromatic rings. The van der Waals surface area contributed by atoms with Crippen molar-refractivity contribution in [3.05, 3.63) is 18.2 Å². The molecule has 2 rings (SSSR count). The van der Waals surface area contributed by atoms with Crippen molar-refractivity contribution in [1.29, 1.82) is 0 Å². The molecule has 1 heterocycles. The maximum Gasteiger partial charge on any atom is 0.140 e. The second-order valence-electron chi connectivity index (χ2n) is 5.73. The SMILES string of the molecule is CC1CC(C)(C)CC1(O)c1nccn1C. The highest BCUT2D eigenvalue weighted by atomic mass is 16.3. The minimum absolute atomic E-state index is 0.208. The molecule has 1 N–H and O–H groups in total. The highest BCUT2D eigenvalue weighted by molar-refractivity contribution is 5.12. The molecule has 2 unspecified atom stereocenters. The number of hydrogen-bond donors (Lipinski definition) is 1. The fourth-order valence-electron chi connectivity index (χ4n) is 3.06. The lowest BCUT2D eigenvalue weighted by atomic mass is 9.88. The third kappa shape index (κ3) is 1.59. The predicted octanol–water partition coefficient (Wildman–Crippen LogP) is 2.06. The molecule has 0 bridgehead atoms. The molecule has 0 aliphatic heterocycles. The van der Waals surface area contributed by atoms with E-state index in [2.05, 4.69) is 25.8 Å². The van der Waals surface area contributed by atoms with Gasteiger partial charge in [0.05, 0.1) is 0 Å². The van der Waals surface area contributed by atoms with Crippen molar-refractivity contribution in [2.24, 2.45) is 18.4 Å². The zero-order chi connectivity index (χ0) is 11.3. The molecule has 0 radical (unpaired) electrons. The maximum atomic E-state index is 10.8. The summed E-state index contributed by atoms with van der Waals surface area (Å²) in [6.45, 7) is 6.54. The summed E-state index contributed by atoms with van der Waals surface area (Å²) in [6.07, 6.45) is 5.50. The average molecular weight is 208 g/mol. The first-order valence-electron chi connectivity index (χ1n) is 5.55. The monoisotopic (exact) mass is 208 g/mol. The van der Waals surface area contributed by atoms with Gasteiger partial charge in [-0.3, -0.25) is 0 Å². The number of aryl methyl sites for hydroxylation is 1. The molecular weight excluding hydrogens is 188 g/mol. The number of nitrogens with zero attached hydrogens (tertiary/aromatic N) is 2. The van der Waals surface area contributed by atoms with Crippen LogP contribution in [-0.4, -0.2) is 14.7 Å². The van der Waals surface area contributed by atoms with E-state index in [0.717, 1.165) is 18.7 Å². The molecule has 1 saturated carbocycles. The van der Waals surface area contributed by atoms with E-state index < -0.39 is 5.60 Å². The molecule has 84 valence electrons. The Kier molecular flexibility index (Phi) is 2.19. The van der Waals surface area contributed by atoms with Crippen LogP contribution in [0.4, 0.5) is 0 Å². The van der Waals surface area contributed by atoms with Crippen LogP contribution in [0.1, 0.15) is 39.4 Å². The molecule has 1 aliphatic carbocycles. The Bertz CT molecular complexity index is 369. The van der Waals surface area contributed by atoms with E-state index in [1.807, 2.05) is 17.8 Å². The fraction of sp³-hybridized carbons (Fsp3) is 0.750. The number of aliphatic hydroxyl groups is 1. The molecule has 0 aromatic carbocycles. The number of aromatic nitrogens is 2. The Morgan fingerprint density at radius 2 is 2.20 bits per heavy atom. The largest absolute Gasteiger partial charge is 0.382 e. The van der Waals surface area contributed by atoms with Gasteiger partial charge in [-0.2, -0.15) is 0 Å². The van der Waals surface area contributed by atoms with E-state index >= 15 is 0 Å². The van der Waals surface area contributed by atoms with Crippen LogP contribution >= 0.6 is 0 Å². The predicted molar refractivity (Wildman–Crippen MR) is 59.3 cm³/mol. The van der Waals surface area contributed by atoms with E-state index in [4.69, 9.17) is 0 Å². The number of rotatable bonds is 1. The Hall–Kier alpha value is -0.830. The lowest BCUT2D eigenvalue weighted by Gasteiger charge is -2.27. The van der Waals surface area contributed by atoms with Crippen molar-refractivity contribution in [3.63, 3.8) is 0 Å². The Morgan fingerprint density at radius 3 is 2.60 bits per heavy atom. The molecular formula is C12H20N2O. The molecule has 0 spiro atoms. The van der Waals surface area contributed by atoms with Crippen molar-refractivity contribution < 1.29 is 5.11 Å². The van der Waals surface area contributed by atoms with Crippen molar-refractivity contribution in [2.45, 2.75) is 39.2 Å². The quantitative estimate of drug-likeness (QED) is 0.767. The van der Waals surface area contributed by atoms with Crippen LogP contribution in [0.15, 0.2) is 12.4 Å². The maximum absolute atomic E-state index is 10.8. The summed E-state index contributed by atoms with van der Waals surface area (Å²) < 4.78 is 1.93. The number of imidazole rings is 1. The van der Waals surface area contributed by atoms with Crippen molar-refractivity contribution in [3.8, 4) is 0 Å². The van der Waals surface area contributed by atoms with E-state index in [-0.39, 0.29) is 11.3 Å². The Morgan fingerprint density at radius 1 is 1.53 bits per heavy atom. The second-order valence-corrected chi connectivity index (χ2v) is 5.73. The molecule has 3 heteroatoms. The highest BCUT2D eigenvalue weighted by Gasteiger charge is 2.50. The zero-order valence-electron chi connectivity index (χ0n) is 9.99. The minimum Gasteiger partial charge on any atom is -0.382 e. The molecule has 1 aromatic heterocycles. The summed E-state index contributed by atoms with van der Waals surface area (Å²) in [5.74, 6) is 1.08. The van der Waals surface area contributed by atoms with Gasteiger partial charge in [-0.25, -0.2) is 4.98 Å². The summed E-state index contributed by atoms with van der Waals surface area (Å²) in [4.78, 5) is 4.30. The van der Waals surface area contributed by atoms with E-state index in [0.29, 0.717) is 0 Å². The lowest BCUT2D eigenvalue weighted by molar-refractivity contribution is -0.0118. The van der Waals surface area contributed by atoms with Gasteiger partial charge in [-0.05, 0) is 24.2 Å². The standard InChI is InChI=1S/C12H20N2O/c1-9-7-11(2,3)8-12(9,15)10-13-5-6-14(10)4/h5-6,9,15H,7-8H2,1-4H3. The molecule has 2 atom stereocenters. The molecule has 1 aliphatic rings. The first-order chi connectivity index (χ1) is 6.85. The van der Waals surface area contributed by atoms with Gasteiger partial charge >= 0.3 is 0 Å². The van der Waals surface area contributed by atoms with Crippen molar-refractivity contribution >= 4 is 0 Å². The van der Waals surface area contributed by atoms with Gasteiger partial charge in [0.2, 0.25) is 0 Å². The zero-order valence-corrected chi connectivity index (χ0v) is 9.99. The third-order valence-corrected chi connectivity index (χ3v) is 3.63. The smallest absolute Gasteiger partial charge is 0.140 e. The van der Waals surface area contributed by atoms with Crippen molar-refractivity contribution in [1.82, 2.24) is 9.55 Å². The van der Waals surface area contributed by atoms with Crippen LogP contribution < -0.4 is 0 Å². The molecule has 0 saturated heterocycles. The van der Waals surface area contributed by atoms with Gasteiger partial charge in [-0.15, -0.1) is 0 Å². The van der Waals surface area contributed by atoms with Gasteiger partial charge in [0.1, 0.15) is 11.4 Å². The lowest BCUT2D eigenvalue weighted by Crippen LogP contribution is -2.32. The van der Waals surface area contributed by atoms with E-state index in [1.54, 1.807) is 6.20 Å². The van der Waals surface area contributed by atoms with E-state index in [9.17, 15) is 5.11 Å². The summed E-state index contributed by atoms with van der Waals surface area (Å²) in [7, 11) is 1.94. The third-order valence-electron chi connectivity index (χ3n) is 3.63. The second kappa shape index (κ2) is 3.08. The molecule has 15 heavy (non-hydrogen) atoms. The normalized spacial score (nSPS) is 34.6. The van der Waals surface area contributed by atoms with Crippen LogP contribution in [0.25, 0.3) is 0 Å². The Labute approximate surface area is 91.1 Å². The van der Waals surface area contributed by atoms with E-state index in [1.165, 1.54) is 0 Å². The van der Waals surface area contributed by atoms with Gasteiger partial charge in [0.15, 0.2) is 0 Å². The summed E-state index contributed by atoms with van der Waals surface area (Å²) in [6, 6.07) is 0. The van der Waals surface area contributed by atoms with Gasteiger partial charge in [0.25, 0.3) is 0 Å². The summed E-state index contributed by atoms with van der Waals surface area (Å²) in [5.41, 5.74) is -0.540. The topological polar surface area (TPSA) is 38.1 Å². The van der Waals surface area contributed by atoms with Crippen LogP contribution in [0, 0.1) is 11.3 Å². The average Bonchev–Trinajstić information content (AvgIpc) is 2.56. The van der Waals surface area contributed by atoms with Gasteiger partial charge in [-0.1, -0.05) is 20.8 Å². The Balaban J connectivity index is 2.40. The van der Waals surface area contributed by atoms with Crippen LogP contribution in [0.3, 0.4) is 0 Å². The first-order valence-corrected chi connectivity index (χ1v) is 5.55. The van der Waals surface area contributed by atoms with Crippen LogP contribution in [0.5, 0.6) is 0 Å². The molecule has 0 amide bonds. The van der Waals surface area contributed by atoms with Crippen LogP contribution in [-0.2, 0) is 12.6 Å². The molecule has 1 fully saturated rings. The van der Waals surface area contributed by atoms with Crippen LogP contribution in [0.2, 0.25) is 0 Å². The molecule has 3 nitrogen and oxygen atoms in total. The van der Waals surface area contributed by atoms with Gasteiger partial charge < -0.3 is 9.67 Å². The number of hydrogen-bond acceptors (Lipinski definition) is 2. The highest BCUT2D eigenvalue weighted by Crippen LogP contribution is 2.51. The summed E-state index contributed by atoms with van der Waals surface area (Å²) in [5, 5.41) is 10.8. The fourth-order valence-corrected chi connectivity index (χ4v) is 3.06. The minimum atomic E-state index is -0.748. The summed E-state index contributed by atoms with van der Waals surface area (Å²) >= 11 is 0. The first kappa shape index (κ1) is 10.7. The van der Waals surface area contributed by atoms with Crippen molar-refractivity contribution in [2.75, 3.05) is 0 Å².